The third-order valence-electron chi connectivity index (χ3n) is 4.77. The van der Waals surface area contributed by atoms with E-state index in [0.29, 0.717) is 30.4 Å². The first kappa shape index (κ1) is 17.0. The second-order valence-electron chi connectivity index (χ2n) is 6.60. The van der Waals surface area contributed by atoms with E-state index in [1.54, 1.807) is 24.4 Å². The van der Waals surface area contributed by atoms with Crippen LogP contribution < -0.4 is 10.1 Å². The molecule has 0 spiro atoms. The third kappa shape index (κ3) is 4.03. The number of hydrogen-bond donors (Lipinski definition) is 1. The summed E-state index contributed by atoms with van der Waals surface area (Å²) in [5, 5.41) is 3.11. The summed E-state index contributed by atoms with van der Waals surface area (Å²) in [5.41, 5.74) is 0.571. The molecule has 1 aliphatic heterocycles. The molecule has 1 aliphatic carbocycles. The molecule has 6 heteroatoms. The van der Waals surface area contributed by atoms with Crippen molar-refractivity contribution >= 4 is 5.91 Å². The Balaban J connectivity index is 1.38. The molecule has 1 aromatic carbocycles. The molecule has 1 amide bonds. The number of fused-ring (bicyclic) bond motifs is 1. The van der Waals surface area contributed by atoms with Gasteiger partial charge in [0.05, 0.1) is 25.4 Å². The van der Waals surface area contributed by atoms with Crippen LogP contribution >= 0.6 is 0 Å². The second-order valence-corrected chi connectivity index (χ2v) is 6.60. The first-order chi connectivity index (χ1) is 12.8. The molecular weight excluding hydrogens is 332 g/mol. The smallest absolute Gasteiger partial charge is 0.251 e. The van der Waals surface area contributed by atoms with Gasteiger partial charge in [-0.2, -0.15) is 0 Å². The van der Waals surface area contributed by atoms with Gasteiger partial charge in [0.2, 0.25) is 5.88 Å². The van der Waals surface area contributed by atoms with Gasteiger partial charge in [-0.3, -0.25) is 4.79 Å². The molecule has 1 saturated carbocycles. The molecule has 0 radical (unpaired) electrons. The molecule has 6 nitrogen and oxygen atoms in total. The molecule has 3 atom stereocenters. The van der Waals surface area contributed by atoms with Crippen molar-refractivity contribution in [2.24, 2.45) is 0 Å². The summed E-state index contributed by atoms with van der Waals surface area (Å²) in [6, 6.07) is 12.7. The minimum absolute atomic E-state index is 0.0848. The molecule has 1 saturated heterocycles. The van der Waals surface area contributed by atoms with Crippen molar-refractivity contribution in [2.75, 3.05) is 13.2 Å². The molecule has 1 N–H and O–H groups in total. The summed E-state index contributed by atoms with van der Waals surface area (Å²) < 4.78 is 17.2. The summed E-state index contributed by atoms with van der Waals surface area (Å²) in [7, 11) is 0. The van der Waals surface area contributed by atoms with Gasteiger partial charge in [0, 0.05) is 23.9 Å². The molecule has 2 fully saturated rings. The van der Waals surface area contributed by atoms with Crippen molar-refractivity contribution in [3.63, 3.8) is 0 Å². The molecule has 0 bridgehead atoms. The molecule has 0 unspecified atom stereocenters. The molecule has 136 valence electrons. The van der Waals surface area contributed by atoms with Crippen LogP contribution in [0, 0.1) is 0 Å². The van der Waals surface area contributed by atoms with E-state index in [4.69, 9.17) is 14.2 Å². The zero-order valence-corrected chi connectivity index (χ0v) is 14.5. The number of nitrogens with zero attached hydrogens (tertiary/aromatic N) is 1. The number of hydrogen-bond acceptors (Lipinski definition) is 5. The van der Waals surface area contributed by atoms with Gasteiger partial charge in [-0.25, -0.2) is 4.98 Å². The van der Waals surface area contributed by atoms with Crippen LogP contribution in [0.5, 0.6) is 11.6 Å². The highest BCUT2D eigenvalue weighted by Crippen LogP contribution is 2.27. The number of amides is 1. The standard InChI is InChI=1S/C20H22N2O4/c23-20(22-15-7-8-17-18(13-15)25-11-10-24-17)14-4-3-5-16(12-14)26-19-6-1-2-9-21-19/h1-6,9,12,15,17-18H,7-8,10-11,13H2,(H,22,23)/t15-,17+,18-/m1/s1. The fourth-order valence-electron chi connectivity index (χ4n) is 3.50. The van der Waals surface area contributed by atoms with E-state index in [2.05, 4.69) is 10.3 Å². The normalized spacial score (nSPS) is 25.2. The summed E-state index contributed by atoms with van der Waals surface area (Å²) in [6.07, 6.45) is 4.53. The van der Waals surface area contributed by atoms with Gasteiger partial charge in [-0.15, -0.1) is 0 Å². The van der Waals surface area contributed by atoms with E-state index in [0.717, 1.165) is 19.3 Å². The Kier molecular flexibility index (Phi) is 5.13. The zero-order chi connectivity index (χ0) is 17.8. The van der Waals surface area contributed by atoms with Crippen molar-refractivity contribution < 1.29 is 19.0 Å². The number of carbonyl (C=O) groups excluding carboxylic acids is 1. The molecule has 2 aromatic rings. The number of carbonyl (C=O) groups is 1. The van der Waals surface area contributed by atoms with Gasteiger partial charge < -0.3 is 19.5 Å². The van der Waals surface area contributed by atoms with E-state index in [9.17, 15) is 4.79 Å². The van der Waals surface area contributed by atoms with E-state index in [1.807, 2.05) is 24.3 Å². The number of aromatic nitrogens is 1. The average Bonchev–Trinajstić information content (AvgIpc) is 2.69. The monoisotopic (exact) mass is 354 g/mol. The lowest BCUT2D eigenvalue weighted by atomic mass is 9.89. The van der Waals surface area contributed by atoms with Crippen molar-refractivity contribution in [3.05, 3.63) is 54.2 Å². The van der Waals surface area contributed by atoms with Crippen molar-refractivity contribution in [1.82, 2.24) is 10.3 Å². The lowest BCUT2D eigenvalue weighted by Gasteiger charge is -2.39. The highest BCUT2D eigenvalue weighted by atomic mass is 16.6. The summed E-state index contributed by atoms with van der Waals surface area (Å²) in [5.74, 6) is 0.985. The van der Waals surface area contributed by atoms with Gasteiger partial charge in [0.25, 0.3) is 5.91 Å². The highest BCUT2D eigenvalue weighted by Gasteiger charge is 2.34. The predicted octanol–water partition coefficient (Wildman–Crippen LogP) is 2.94. The number of pyridine rings is 1. The van der Waals surface area contributed by atoms with Crippen LogP contribution in [0.2, 0.25) is 0 Å². The Labute approximate surface area is 152 Å². The van der Waals surface area contributed by atoms with E-state index in [-0.39, 0.29) is 24.2 Å². The Bertz CT molecular complexity index is 752. The van der Waals surface area contributed by atoms with Gasteiger partial charge in [-0.1, -0.05) is 12.1 Å². The quantitative estimate of drug-likeness (QED) is 0.914. The minimum atomic E-state index is -0.100. The van der Waals surface area contributed by atoms with Crippen LogP contribution in [0.25, 0.3) is 0 Å². The van der Waals surface area contributed by atoms with Crippen molar-refractivity contribution in [3.8, 4) is 11.6 Å². The lowest BCUT2D eigenvalue weighted by molar-refractivity contribution is -0.157. The highest BCUT2D eigenvalue weighted by molar-refractivity contribution is 5.94. The molecule has 4 rings (SSSR count). The van der Waals surface area contributed by atoms with Crippen LogP contribution in [-0.2, 0) is 9.47 Å². The zero-order valence-electron chi connectivity index (χ0n) is 14.5. The van der Waals surface area contributed by atoms with E-state index < -0.39 is 0 Å². The van der Waals surface area contributed by atoms with Crippen molar-refractivity contribution in [2.45, 2.75) is 37.5 Å². The van der Waals surface area contributed by atoms with Gasteiger partial charge >= 0.3 is 0 Å². The molecule has 26 heavy (non-hydrogen) atoms. The minimum Gasteiger partial charge on any atom is -0.439 e. The Morgan fingerprint density at radius 1 is 1.08 bits per heavy atom. The fraction of sp³-hybridized carbons (Fsp3) is 0.400. The summed E-state index contributed by atoms with van der Waals surface area (Å²) in [4.78, 5) is 16.8. The average molecular weight is 354 g/mol. The predicted molar refractivity (Wildman–Crippen MR) is 95.3 cm³/mol. The molecular formula is C20H22N2O4. The number of ether oxygens (including phenoxy) is 3. The Morgan fingerprint density at radius 3 is 2.81 bits per heavy atom. The molecule has 1 aromatic heterocycles. The van der Waals surface area contributed by atoms with E-state index >= 15 is 0 Å². The van der Waals surface area contributed by atoms with Crippen LogP contribution in [0.4, 0.5) is 0 Å². The first-order valence-corrected chi connectivity index (χ1v) is 9.01. The number of rotatable bonds is 4. The number of benzene rings is 1. The first-order valence-electron chi connectivity index (χ1n) is 9.01. The van der Waals surface area contributed by atoms with Crippen LogP contribution in [-0.4, -0.2) is 42.4 Å². The summed E-state index contributed by atoms with van der Waals surface area (Å²) in [6.45, 7) is 1.30. The Hall–Kier alpha value is -2.44. The Morgan fingerprint density at radius 2 is 1.96 bits per heavy atom. The number of nitrogens with one attached hydrogen (secondary N) is 1. The van der Waals surface area contributed by atoms with Crippen LogP contribution in [0.1, 0.15) is 29.6 Å². The van der Waals surface area contributed by atoms with Gasteiger partial charge in [0.15, 0.2) is 0 Å². The lowest BCUT2D eigenvalue weighted by Crippen LogP contribution is -2.49. The van der Waals surface area contributed by atoms with E-state index in [1.165, 1.54) is 0 Å². The summed E-state index contributed by atoms with van der Waals surface area (Å²) >= 11 is 0. The van der Waals surface area contributed by atoms with Crippen LogP contribution in [0.3, 0.4) is 0 Å². The van der Waals surface area contributed by atoms with Crippen molar-refractivity contribution in [1.29, 1.82) is 0 Å². The topological polar surface area (TPSA) is 69.7 Å². The van der Waals surface area contributed by atoms with Gasteiger partial charge in [0.1, 0.15) is 5.75 Å². The maximum atomic E-state index is 12.6. The van der Waals surface area contributed by atoms with Crippen LogP contribution in [0.15, 0.2) is 48.7 Å². The second kappa shape index (κ2) is 7.85. The third-order valence-corrected chi connectivity index (χ3v) is 4.77. The molecule has 2 heterocycles. The molecule has 2 aliphatic rings. The SMILES string of the molecule is O=C(N[C@@H]1CC[C@@H]2OCCO[C@@H]2C1)c1cccc(Oc2ccccn2)c1. The fourth-order valence-corrected chi connectivity index (χ4v) is 3.50. The van der Waals surface area contributed by atoms with Gasteiger partial charge in [-0.05, 0) is 43.5 Å². The largest absolute Gasteiger partial charge is 0.439 e. The maximum Gasteiger partial charge on any atom is 0.251 e. The maximum absolute atomic E-state index is 12.6.